The van der Waals surface area contributed by atoms with Crippen LogP contribution in [0.5, 0.6) is 0 Å². The Kier molecular flexibility index (Phi) is 15.9. The number of carbonyl (C=O) groups excluding carboxylic acids is 4. The van der Waals surface area contributed by atoms with Crippen LogP contribution in [-0.4, -0.2) is 52.5 Å². The third-order valence-electron chi connectivity index (χ3n) is 5.16. The number of thioether (sulfide) groups is 1. The first-order valence-electron chi connectivity index (χ1n) is 10.6. The van der Waals surface area contributed by atoms with Gasteiger partial charge in [0.1, 0.15) is 6.04 Å². The fourth-order valence-electron chi connectivity index (χ4n) is 3.49. The second kappa shape index (κ2) is 16.2. The maximum atomic E-state index is 12.9. The molecule has 176 valence electrons. The van der Waals surface area contributed by atoms with E-state index in [1.165, 1.54) is 11.8 Å². The number of carbonyl (C=O) groups is 4. The number of rotatable bonds is 12. The molecule has 0 radical (unpaired) electrons. The number of benzene rings is 1. The summed E-state index contributed by atoms with van der Waals surface area (Å²) in [7, 11) is 0. The average Bonchev–Trinajstić information content (AvgIpc) is 3.04. The van der Waals surface area contributed by atoms with Crippen LogP contribution in [-0.2, 0) is 25.6 Å². The minimum atomic E-state index is -1.27. The Morgan fingerprint density at radius 1 is 1.06 bits per heavy atom. The predicted molar refractivity (Wildman–Crippen MR) is 116 cm³/mol. The van der Waals surface area contributed by atoms with Gasteiger partial charge < -0.3 is 30.4 Å². The molecule has 0 bridgehead atoms. The van der Waals surface area contributed by atoms with E-state index in [4.69, 9.17) is 0 Å². The van der Waals surface area contributed by atoms with E-state index in [1.807, 2.05) is 18.2 Å². The Labute approximate surface area is 248 Å². The number of amides is 2. The molecule has 1 saturated heterocycles. The van der Waals surface area contributed by atoms with E-state index in [-0.39, 0.29) is 77.9 Å². The minimum Gasteiger partial charge on any atom is -0.550 e. The molecule has 34 heavy (non-hydrogen) atoms. The summed E-state index contributed by atoms with van der Waals surface area (Å²) >= 11 is 1.26. The van der Waals surface area contributed by atoms with Gasteiger partial charge >= 0.3 is 59.1 Å². The monoisotopic (exact) mass is 509 g/mol. The number of carboxylic acid groups (broad SMARTS) is 2. The summed E-state index contributed by atoms with van der Waals surface area (Å²) in [4.78, 5) is 47.5. The summed E-state index contributed by atoms with van der Waals surface area (Å²) in [6.45, 7) is 3.79. The van der Waals surface area contributed by atoms with Gasteiger partial charge in [-0.15, -0.1) is 11.8 Å². The molecule has 0 unspecified atom stereocenters. The molecule has 0 aliphatic carbocycles. The number of hydrogen-bond acceptors (Lipinski definition) is 8. The zero-order chi connectivity index (χ0) is 23.7. The van der Waals surface area contributed by atoms with Crippen LogP contribution >= 0.6 is 11.8 Å². The topological polar surface area (TPSA) is 150 Å². The van der Waals surface area contributed by atoms with E-state index in [0.29, 0.717) is 25.8 Å². The molecule has 1 aliphatic rings. The van der Waals surface area contributed by atoms with Crippen LogP contribution in [0.25, 0.3) is 0 Å². The van der Waals surface area contributed by atoms with Crippen molar-refractivity contribution in [2.75, 3.05) is 6.54 Å². The van der Waals surface area contributed by atoms with Crippen LogP contribution in [0.3, 0.4) is 0 Å². The van der Waals surface area contributed by atoms with Crippen molar-refractivity contribution < 1.29 is 88.5 Å². The Bertz CT molecular complexity index is 828. The molecule has 0 saturated carbocycles. The Morgan fingerprint density at radius 2 is 1.71 bits per heavy atom. The quantitative estimate of drug-likeness (QED) is 0.186. The van der Waals surface area contributed by atoms with Gasteiger partial charge in [-0.2, -0.15) is 0 Å². The number of unbranched alkanes of at least 4 members (excludes halogenated alkanes) is 2. The number of nitrogens with one attached hydrogen (secondary N) is 3. The molecule has 12 heteroatoms. The first kappa shape index (κ1) is 33.4. The Hall–Kier alpha value is -0.590. The van der Waals surface area contributed by atoms with Crippen molar-refractivity contribution in [2.45, 2.75) is 68.2 Å². The molecule has 1 aromatic carbocycles. The summed E-state index contributed by atoms with van der Waals surface area (Å²) in [5.41, 5.74) is 0.789. The largest absolute Gasteiger partial charge is 1.00 e. The van der Waals surface area contributed by atoms with Crippen molar-refractivity contribution in [3.8, 4) is 0 Å². The fourth-order valence-corrected chi connectivity index (χ4v) is 4.97. The van der Waals surface area contributed by atoms with Gasteiger partial charge in [0.25, 0.3) is 0 Å². The van der Waals surface area contributed by atoms with Crippen molar-refractivity contribution in [3.63, 3.8) is 0 Å². The fraction of sp³-hybridized carbons (Fsp3) is 0.545. The molecule has 0 aromatic heterocycles. The molecule has 2 rings (SSSR count). The van der Waals surface area contributed by atoms with Crippen LogP contribution in [0, 0.1) is 0 Å². The van der Waals surface area contributed by atoms with E-state index >= 15 is 0 Å². The van der Waals surface area contributed by atoms with Crippen LogP contribution in [0.4, 0.5) is 0 Å². The van der Waals surface area contributed by atoms with Crippen molar-refractivity contribution in [1.82, 2.24) is 16.0 Å². The molecule has 9 nitrogen and oxygen atoms in total. The molecule has 1 aromatic rings. The average molecular weight is 510 g/mol. The van der Waals surface area contributed by atoms with Gasteiger partial charge in [0.05, 0.1) is 23.8 Å². The molecule has 3 N–H and O–H groups in total. The van der Waals surface area contributed by atoms with E-state index in [1.54, 1.807) is 26.0 Å². The van der Waals surface area contributed by atoms with Gasteiger partial charge in [0.2, 0.25) is 11.8 Å². The van der Waals surface area contributed by atoms with Gasteiger partial charge in [0.15, 0.2) is 0 Å². The maximum Gasteiger partial charge on any atom is 1.00 e. The van der Waals surface area contributed by atoms with Gasteiger partial charge in [-0.05, 0) is 38.7 Å². The predicted octanol–water partition coefficient (Wildman–Crippen LogP) is -7.29. The molecule has 3 atom stereocenters. The molecular weight excluding hydrogens is 480 g/mol. The van der Waals surface area contributed by atoms with E-state index in [0.717, 1.165) is 5.56 Å². The molecule has 0 spiro atoms. The van der Waals surface area contributed by atoms with E-state index < -0.39 is 40.1 Å². The number of hydrogen-bond donors (Lipinski definition) is 3. The molecule has 1 heterocycles. The van der Waals surface area contributed by atoms with Crippen LogP contribution < -0.4 is 85.3 Å². The van der Waals surface area contributed by atoms with Crippen LogP contribution in [0.1, 0.15) is 45.1 Å². The third kappa shape index (κ3) is 11.0. The first-order valence-corrected chi connectivity index (χ1v) is 11.4. The molecule has 1 aliphatic heterocycles. The smallest absolute Gasteiger partial charge is 0.550 e. The van der Waals surface area contributed by atoms with Crippen molar-refractivity contribution >= 4 is 35.5 Å². The number of aliphatic carboxylic acids is 2. The number of carboxylic acids is 2. The zero-order valence-corrected chi connectivity index (χ0v) is 25.0. The Balaban J connectivity index is 0.00000544. The SMILES string of the molecule is CC1(C)S[C@H]([C@H](NC(=O)Cc2ccccc2)C(=O)NCCCCCC(=O)[O-])N[C@H]1C(=O)[O-].[Na+].[Na+]. The van der Waals surface area contributed by atoms with Gasteiger partial charge in [-0.1, -0.05) is 36.8 Å². The summed E-state index contributed by atoms with van der Waals surface area (Å²) < 4.78 is -0.739. The van der Waals surface area contributed by atoms with Crippen molar-refractivity contribution in [1.29, 1.82) is 0 Å². The van der Waals surface area contributed by atoms with Crippen molar-refractivity contribution in [2.24, 2.45) is 0 Å². The third-order valence-corrected chi connectivity index (χ3v) is 6.66. The summed E-state index contributed by atoms with van der Waals surface area (Å²) in [6.07, 6.45) is 1.68. The summed E-state index contributed by atoms with van der Waals surface area (Å²) in [5, 5.41) is 29.7. The summed E-state index contributed by atoms with van der Waals surface area (Å²) in [5.74, 6) is -3.18. The first-order chi connectivity index (χ1) is 15.1. The molecule has 1 fully saturated rings. The normalized spacial score (nSPS) is 19.1. The standard InChI is InChI=1S/C22H31N3O6S.2Na/c1-22(2)18(21(30)31)25-20(32-22)17(19(29)23-12-8-4-7-11-16(27)28)24-15(26)13-14-9-5-3-6-10-14;;/h3,5-6,9-10,17-18,20,25H,4,7-8,11-13H2,1-2H3,(H,23,29)(H,24,26)(H,27,28)(H,30,31);;/q;2*+1/p-2/t17-,18+,20-;;/m1../s1. The second-order valence-electron chi connectivity index (χ2n) is 8.24. The molecule has 2 amide bonds. The maximum absolute atomic E-state index is 12.9. The van der Waals surface area contributed by atoms with Crippen molar-refractivity contribution in [3.05, 3.63) is 35.9 Å². The second-order valence-corrected chi connectivity index (χ2v) is 10.0. The van der Waals surface area contributed by atoms with Crippen LogP contribution in [0.15, 0.2) is 30.3 Å². The minimum absolute atomic E-state index is 0. The summed E-state index contributed by atoms with van der Waals surface area (Å²) in [6, 6.07) is 7.10. The molecular formula is C22H29N3Na2O6S. The van der Waals surface area contributed by atoms with E-state index in [2.05, 4.69) is 16.0 Å². The van der Waals surface area contributed by atoms with Gasteiger partial charge in [-0.25, -0.2) is 0 Å². The van der Waals surface area contributed by atoms with Gasteiger partial charge in [0, 0.05) is 17.3 Å². The Morgan fingerprint density at radius 3 is 2.26 bits per heavy atom. The van der Waals surface area contributed by atoms with Crippen LogP contribution in [0.2, 0.25) is 0 Å². The zero-order valence-electron chi connectivity index (χ0n) is 20.2. The van der Waals surface area contributed by atoms with E-state index in [9.17, 15) is 29.4 Å². The van der Waals surface area contributed by atoms with Gasteiger partial charge in [-0.3, -0.25) is 14.9 Å².